The minimum absolute atomic E-state index is 0.210. The third-order valence-corrected chi connectivity index (χ3v) is 1.81. The monoisotopic (exact) mass is 210 g/mol. The van der Waals surface area contributed by atoms with E-state index < -0.39 is 17.5 Å². The third kappa shape index (κ3) is 2.06. The van der Waals surface area contributed by atoms with Gasteiger partial charge in [-0.15, -0.1) is 0 Å². The summed E-state index contributed by atoms with van der Waals surface area (Å²) in [5.41, 5.74) is -0.881. The molecule has 0 radical (unpaired) electrons. The Kier molecular flexibility index (Phi) is 2.70. The number of methoxy groups -OCH3 is 1. The van der Waals surface area contributed by atoms with Gasteiger partial charge >= 0.3 is 6.98 Å². The number of nitrogens with zero attached hydrogens (tertiary/aromatic N) is 1. The highest BCUT2D eigenvalue weighted by molar-refractivity contribution is 6.76. The lowest BCUT2D eigenvalue weighted by Crippen LogP contribution is -2.35. The van der Waals surface area contributed by atoms with Crippen molar-refractivity contribution < 1.29 is 17.7 Å². The Balaban J connectivity index is 3.24. The first kappa shape index (κ1) is 10.2. The molecule has 1 aromatic rings. The van der Waals surface area contributed by atoms with Crippen LogP contribution < -0.4 is 10.2 Å². The Bertz CT molecular complexity index is 317. The molecule has 0 saturated carbocycles. The van der Waals surface area contributed by atoms with E-state index in [9.17, 15) is 12.9 Å². The molecule has 0 atom stereocenters. The van der Waals surface area contributed by atoms with Crippen LogP contribution >= 0.6 is 11.6 Å². The predicted molar refractivity (Wildman–Crippen MR) is 44.5 cm³/mol. The van der Waals surface area contributed by atoms with Crippen molar-refractivity contribution in [1.82, 2.24) is 4.98 Å². The van der Waals surface area contributed by atoms with Crippen molar-refractivity contribution in [3.63, 3.8) is 0 Å². The highest BCUT2D eigenvalue weighted by Crippen LogP contribution is 2.22. The van der Waals surface area contributed by atoms with Crippen LogP contribution in [0.15, 0.2) is 12.3 Å². The van der Waals surface area contributed by atoms with Crippen molar-refractivity contribution in [2.24, 2.45) is 0 Å². The second-order valence-electron chi connectivity index (χ2n) is 2.30. The summed E-state index contributed by atoms with van der Waals surface area (Å²) in [7, 11) is 1.21. The number of rotatable bonds is 2. The Labute approximate surface area is 77.7 Å². The molecule has 7 heteroatoms. The molecule has 0 aromatic carbocycles. The Morgan fingerprint density at radius 3 is 2.54 bits per heavy atom. The molecule has 0 aliphatic rings. The molecule has 1 aromatic heterocycles. The van der Waals surface area contributed by atoms with Crippen molar-refractivity contribution in [2.45, 2.75) is 0 Å². The Hall–Kier alpha value is -0.905. The van der Waals surface area contributed by atoms with Crippen LogP contribution in [-0.4, -0.2) is 19.1 Å². The van der Waals surface area contributed by atoms with E-state index in [2.05, 4.69) is 9.72 Å². The Morgan fingerprint density at radius 1 is 1.46 bits per heavy atom. The molecule has 1 heterocycles. The van der Waals surface area contributed by atoms with Crippen LogP contribution in [0.2, 0.25) is 5.02 Å². The van der Waals surface area contributed by atoms with Crippen LogP contribution in [0.5, 0.6) is 5.88 Å². The number of aromatic nitrogens is 1. The van der Waals surface area contributed by atoms with Gasteiger partial charge in [0.1, 0.15) is 0 Å². The molecule has 0 spiro atoms. The lowest BCUT2D eigenvalue weighted by Gasteiger charge is -2.17. The molecule has 72 valence electrons. The molecule has 0 aliphatic carbocycles. The SMILES string of the molecule is COc1nccc([B-](F)(F)F)c1Cl. The number of hydrogen-bond acceptors (Lipinski definition) is 2. The van der Waals surface area contributed by atoms with Crippen LogP contribution in [-0.2, 0) is 0 Å². The maximum absolute atomic E-state index is 12.3. The molecule has 0 aliphatic heterocycles. The van der Waals surface area contributed by atoms with Crippen molar-refractivity contribution in [3.8, 4) is 5.88 Å². The topological polar surface area (TPSA) is 22.1 Å². The molecule has 0 bridgehead atoms. The van der Waals surface area contributed by atoms with E-state index in [1.807, 2.05) is 0 Å². The fourth-order valence-electron chi connectivity index (χ4n) is 0.834. The van der Waals surface area contributed by atoms with Crippen LogP contribution in [0.3, 0.4) is 0 Å². The van der Waals surface area contributed by atoms with Gasteiger partial charge in [0.15, 0.2) is 0 Å². The largest absolute Gasteiger partial charge is 0.511 e. The van der Waals surface area contributed by atoms with E-state index in [-0.39, 0.29) is 5.88 Å². The summed E-state index contributed by atoms with van der Waals surface area (Å²) in [6.45, 7) is -5.11. The lowest BCUT2D eigenvalue weighted by atomic mass is 9.81. The molecule has 2 nitrogen and oxygen atoms in total. The molecule has 1 rings (SSSR count). The van der Waals surface area contributed by atoms with Gasteiger partial charge in [-0.2, -0.15) is 0 Å². The van der Waals surface area contributed by atoms with Gasteiger partial charge in [0.25, 0.3) is 0 Å². The maximum Gasteiger partial charge on any atom is 0.511 e. The minimum Gasteiger partial charge on any atom is -0.480 e. The summed E-state index contributed by atoms with van der Waals surface area (Å²) in [4.78, 5) is 3.53. The van der Waals surface area contributed by atoms with E-state index in [0.717, 1.165) is 12.3 Å². The van der Waals surface area contributed by atoms with Gasteiger partial charge in [0.05, 0.1) is 12.1 Å². The van der Waals surface area contributed by atoms with Crippen molar-refractivity contribution in [3.05, 3.63) is 17.3 Å². The molecule has 0 N–H and O–H groups in total. The van der Waals surface area contributed by atoms with Crippen LogP contribution in [0.1, 0.15) is 0 Å². The van der Waals surface area contributed by atoms with E-state index in [0.29, 0.717) is 0 Å². The molecular weight excluding hydrogens is 205 g/mol. The molecule has 0 unspecified atom stereocenters. The zero-order valence-electron chi connectivity index (χ0n) is 6.60. The highest BCUT2D eigenvalue weighted by atomic mass is 35.5. The lowest BCUT2D eigenvalue weighted by molar-refractivity contribution is 0.398. The number of halogens is 4. The van der Waals surface area contributed by atoms with Gasteiger partial charge < -0.3 is 17.7 Å². The van der Waals surface area contributed by atoms with Gasteiger partial charge in [-0.05, 0) is 0 Å². The second kappa shape index (κ2) is 3.45. The van der Waals surface area contributed by atoms with E-state index >= 15 is 0 Å². The molecule has 13 heavy (non-hydrogen) atoms. The first-order valence-electron chi connectivity index (χ1n) is 3.35. The summed E-state index contributed by atoms with van der Waals surface area (Å²) >= 11 is 5.40. The van der Waals surface area contributed by atoms with Crippen molar-refractivity contribution in [2.75, 3.05) is 7.11 Å². The van der Waals surface area contributed by atoms with Crippen molar-refractivity contribution in [1.29, 1.82) is 0 Å². The fourth-order valence-corrected chi connectivity index (χ4v) is 1.15. The molecule has 0 saturated heterocycles. The van der Waals surface area contributed by atoms with Gasteiger partial charge in [0, 0.05) is 6.20 Å². The number of hydrogen-bond donors (Lipinski definition) is 0. The maximum atomic E-state index is 12.3. The quantitative estimate of drug-likeness (QED) is 0.694. The third-order valence-electron chi connectivity index (χ3n) is 1.43. The summed E-state index contributed by atoms with van der Waals surface area (Å²) in [5.74, 6) is -0.210. The summed E-state index contributed by atoms with van der Waals surface area (Å²) in [6.07, 6.45) is 1.01. The van der Waals surface area contributed by atoms with E-state index in [1.165, 1.54) is 7.11 Å². The van der Waals surface area contributed by atoms with Gasteiger partial charge in [-0.25, -0.2) is 4.98 Å². The normalized spacial score (nSPS) is 11.5. The first-order chi connectivity index (χ1) is 5.96. The molecule has 0 amide bonds. The minimum atomic E-state index is -5.11. The van der Waals surface area contributed by atoms with Crippen LogP contribution in [0.4, 0.5) is 12.9 Å². The second-order valence-corrected chi connectivity index (χ2v) is 2.68. The fraction of sp³-hybridized carbons (Fsp3) is 0.167. The zero-order chi connectivity index (χ0) is 10.1. The van der Waals surface area contributed by atoms with Crippen molar-refractivity contribution >= 4 is 24.0 Å². The van der Waals surface area contributed by atoms with E-state index in [1.54, 1.807) is 0 Å². The highest BCUT2D eigenvalue weighted by Gasteiger charge is 2.29. The van der Waals surface area contributed by atoms with Gasteiger partial charge in [-0.3, -0.25) is 0 Å². The summed E-state index contributed by atoms with van der Waals surface area (Å²) in [5, 5.41) is -0.488. The standard InChI is InChI=1S/C6H5BClF3NO/c1-13-6-5(8)4(2-3-12-6)7(9,10)11/h2-3H,1H3/q-1. The first-order valence-corrected chi connectivity index (χ1v) is 3.73. The summed E-state index contributed by atoms with van der Waals surface area (Å²) < 4.78 is 41.3. The molecular formula is C6H5BClF3NO-. The van der Waals surface area contributed by atoms with Gasteiger partial charge in [0.2, 0.25) is 5.88 Å². The molecule has 0 fully saturated rings. The van der Waals surface area contributed by atoms with Crippen LogP contribution in [0, 0.1) is 0 Å². The zero-order valence-corrected chi connectivity index (χ0v) is 7.36. The van der Waals surface area contributed by atoms with Gasteiger partial charge in [-0.1, -0.05) is 23.1 Å². The predicted octanol–water partition coefficient (Wildman–Crippen LogP) is 1.80. The van der Waals surface area contributed by atoms with Crippen LogP contribution in [0.25, 0.3) is 0 Å². The summed E-state index contributed by atoms with van der Waals surface area (Å²) in [6, 6.07) is 0.824. The number of ether oxygens (including phenoxy) is 1. The Morgan fingerprint density at radius 2 is 2.08 bits per heavy atom. The van der Waals surface area contributed by atoms with E-state index in [4.69, 9.17) is 11.6 Å². The smallest absolute Gasteiger partial charge is 0.480 e. The average Bonchev–Trinajstić information content (AvgIpc) is 2.02. The number of pyridine rings is 1. The average molecular weight is 210 g/mol.